The molecule has 0 spiro atoms. The summed E-state index contributed by atoms with van der Waals surface area (Å²) in [7, 11) is 0. The number of rotatable bonds is 4. The van der Waals surface area contributed by atoms with Crippen LogP contribution in [0.15, 0.2) is 109 Å². The van der Waals surface area contributed by atoms with E-state index in [1.54, 1.807) is 0 Å². The molecule has 40 heavy (non-hydrogen) atoms. The van der Waals surface area contributed by atoms with Crippen LogP contribution in [-0.4, -0.2) is 5.54 Å². The Balaban J connectivity index is 1.56. The van der Waals surface area contributed by atoms with Crippen LogP contribution in [0.5, 0.6) is 0 Å². The molecule has 1 aliphatic rings. The number of aryl methyl sites for hydroxylation is 1. The van der Waals surface area contributed by atoms with Crippen molar-refractivity contribution >= 4 is 11.4 Å². The Bertz CT molecular complexity index is 1720. The van der Waals surface area contributed by atoms with Crippen molar-refractivity contribution in [2.45, 2.75) is 59.4 Å². The van der Waals surface area contributed by atoms with Crippen molar-refractivity contribution in [1.82, 2.24) is 0 Å². The molecule has 0 saturated heterocycles. The van der Waals surface area contributed by atoms with Gasteiger partial charge in [-0.15, -0.1) is 0 Å². The predicted molar refractivity (Wildman–Crippen MR) is 173 cm³/mol. The van der Waals surface area contributed by atoms with E-state index < -0.39 is 0 Å². The minimum absolute atomic E-state index is 0.00116. The van der Waals surface area contributed by atoms with Crippen molar-refractivity contribution in [2.75, 3.05) is 4.90 Å². The average Bonchev–Trinajstić information content (AvgIpc) is 3.15. The molecule has 200 valence electrons. The number of hydrogen-bond donors (Lipinski definition) is 0. The summed E-state index contributed by atoms with van der Waals surface area (Å²) >= 11 is 0. The summed E-state index contributed by atoms with van der Waals surface area (Å²) in [4.78, 5) is 2.54. The predicted octanol–water partition coefficient (Wildman–Crippen LogP) is 10.9. The molecule has 1 nitrogen and oxygen atoms in total. The van der Waals surface area contributed by atoms with E-state index in [0.29, 0.717) is 0 Å². The second-order valence-electron chi connectivity index (χ2n) is 12.7. The minimum atomic E-state index is -0.143. The zero-order valence-corrected chi connectivity index (χ0v) is 24.8. The molecule has 0 radical (unpaired) electrons. The SMILES string of the molecule is Cc1cc2c(cc1-c1ccccc1N(c1cccc(-c3ccccc3)c1C)C(C)(C)C)-c1ccccc1C2(C)C. The lowest BCUT2D eigenvalue weighted by Gasteiger charge is -2.40. The zero-order valence-electron chi connectivity index (χ0n) is 24.8. The van der Waals surface area contributed by atoms with E-state index in [2.05, 4.69) is 163 Å². The molecule has 0 fully saturated rings. The quantitative estimate of drug-likeness (QED) is 0.227. The number of hydrogen-bond acceptors (Lipinski definition) is 1. The first-order valence-corrected chi connectivity index (χ1v) is 14.4. The lowest BCUT2D eigenvalue weighted by atomic mass is 9.81. The Morgan fingerprint density at radius 1 is 0.525 bits per heavy atom. The summed E-state index contributed by atoms with van der Waals surface area (Å²) in [6.07, 6.45) is 0. The van der Waals surface area contributed by atoms with Crippen LogP contribution in [0, 0.1) is 13.8 Å². The molecule has 0 aromatic heterocycles. The number of nitrogens with zero attached hydrogens (tertiary/aromatic N) is 1. The van der Waals surface area contributed by atoms with Gasteiger partial charge in [0.1, 0.15) is 0 Å². The highest BCUT2D eigenvalue weighted by Gasteiger charge is 2.36. The summed E-state index contributed by atoms with van der Waals surface area (Å²) < 4.78 is 0. The number of anilines is 2. The van der Waals surface area contributed by atoms with E-state index in [9.17, 15) is 0 Å². The van der Waals surface area contributed by atoms with Crippen molar-refractivity contribution in [3.05, 3.63) is 131 Å². The largest absolute Gasteiger partial charge is 0.335 e. The highest BCUT2D eigenvalue weighted by Crippen LogP contribution is 2.51. The second-order valence-corrected chi connectivity index (χ2v) is 12.7. The van der Waals surface area contributed by atoms with Crippen LogP contribution in [0.25, 0.3) is 33.4 Å². The standard InChI is InChI=1S/C39H39N/c1-26-24-35-33(30-18-11-13-21-34(30)39(35,6)7)25-32(26)31-19-12-14-22-37(31)40(38(3,4)5)36-23-15-20-29(27(36)2)28-16-9-8-10-17-28/h8-25H,1-7H3. The molecule has 6 rings (SSSR count). The first kappa shape index (κ1) is 26.1. The molecule has 1 aliphatic carbocycles. The molecule has 0 amide bonds. The Hall–Kier alpha value is -4.10. The first-order valence-electron chi connectivity index (χ1n) is 14.4. The Morgan fingerprint density at radius 2 is 1.12 bits per heavy atom. The Morgan fingerprint density at radius 3 is 1.85 bits per heavy atom. The smallest absolute Gasteiger partial charge is 0.0495 e. The lowest BCUT2D eigenvalue weighted by molar-refractivity contribution is 0.560. The summed E-state index contributed by atoms with van der Waals surface area (Å²) in [5.41, 5.74) is 15.6. The van der Waals surface area contributed by atoms with Gasteiger partial charge >= 0.3 is 0 Å². The highest BCUT2D eigenvalue weighted by molar-refractivity contribution is 5.91. The molecule has 5 aromatic rings. The molecule has 0 saturated carbocycles. The van der Waals surface area contributed by atoms with Gasteiger partial charge in [-0.05, 0) is 103 Å². The lowest BCUT2D eigenvalue weighted by Crippen LogP contribution is -2.38. The van der Waals surface area contributed by atoms with Gasteiger partial charge in [0.25, 0.3) is 0 Å². The topological polar surface area (TPSA) is 3.24 Å². The van der Waals surface area contributed by atoms with Crippen molar-refractivity contribution in [3.8, 4) is 33.4 Å². The fraction of sp³-hybridized carbons (Fsp3) is 0.231. The first-order chi connectivity index (χ1) is 19.1. The van der Waals surface area contributed by atoms with E-state index in [-0.39, 0.29) is 11.0 Å². The van der Waals surface area contributed by atoms with Crippen molar-refractivity contribution in [1.29, 1.82) is 0 Å². The number of fused-ring (bicyclic) bond motifs is 3. The molecular weight excluding hydrogens is 482 g/mol. The molecular formula is C39H39N. The van der Waals surface area contributed by atoms with Gasteiger partial charge in [-0.2, -0.15) is 0 Å². The van der Waals surface area contributed by atoms with Crippen LogP contribution >= 0.6 is 0 Å². The minimum Gasteiger partial charge on any atom is -0.335 e. The average molecular weight is 522 g/mol. The fourth-order valence-corrected chi connectivity index (χ4v) is 6.69. The highest BCUT2D eigenvalue weighted by atomic mass is 15.2. The van der Waals surface area contributed by atoms with E-state index in [4.69, 9.17) is 0 Å². The molecule has 0 heterocycles. The van der Waals surface area contributed by atoms with Crippen molar-refractivity contribution in [3.63, 3.8) is 0 Å². The van der Waals surface area contributed by atoms with Crippen LogP contribution < -0.4 is 4.90 Å². The van der Waals surface area contributed by atoms with Crippen LogP contribution in [0.3, 0.4) is 0 Å². The Labute approximate surface area is 240 Å². The summed E-state index contributed by atoms with van der Waals surface area (Å²) in [6.45, 7) is 16.2. The third kappa shape index (κ3) is 4.16. The van der Waals surface area contributed by atoms with Gasteiger partial charge < -0.3 is 4.90 Å². The molecule has 0 N–H and O–H groups in total. The Kier molecular flexibility index (Phi) is 6.22. The molecule has 0 atom stereocenters. The van der Waals surface area contributed by atoms with Crippen molar-refractivity contribution in [2.24, 2.45) is 0 Å². The van der Waals surface area contributed by atoms with E-state index in [1.165, 1.54) is 67.0 Å². The van der Waals surface area contributed by atoms with E-state index >= 15 is 0 Å². The third-order valence-electron chi connectivity index (χ3n) is 8.67. The van der Waals surface area contributed by atoms with Gasteiger partial charge in [0.05, 0.1) is 0 Å². The van der Waals surface area contributed by atoms with E-state index in [0.717, 1.165) is 0 Å². The maximum atomic E-state index is 2.54. The van der Waals surface area contributed by atoms with Crippen LogP contribution in [0.2, 0.25) is 0 Å². The number of benzene rings is 5. The van der Waals surface area contributed by atoms with Gasteiger partial charge in [0.2, 0.25) is 0 Å². The molecule has 0 bridgehead atoms. The molecule has 0 aliphatic heterocycles. The number of para-hydroxylation sites is 1. The maximum absolute atomic E-state index is 2.54. The molecule has 0 unspecified atom stereocenters. The summed E-state index contributed by atoms with van der Waals surface area (Å²) in [5.74, 6) is 0. The third-order valence-corrected chi connectivity index (χ3v) is 8.67. The van der Waals surface area contributed by atoms with Gasteiger partial charge in [-0.1, -0.05) is 105 Å². The molecule has 5 aromatic carbocycles. The zero-order chi connectivity index (χ0) is 28.2. The van der Waals surface area contributed by atoms with E-state index in [1.807, 2.05) is 0 Å². The second kappa shape index (κ2) is 9.52. The molecule has 1 heteroatoms. The monoisotopic (exact) mass is 521 g/mol. The van der Waals surface area contributed by atoms with Gasteiger partial charge in [0.15, 0.2) is 0 Å². The van der Waals surface area contributed by atoms with Gasteiger partial charge in [-0.25, -0.2) is 0 Å². The van der Waals surface area contributed by atoms with Crippen molar-refractivity contribution < 1.29 is 0 Å². The van der Waals surface area contributed by atoms with Gasteiger partial charge in [-0.3, -0.25) is 0 Å². The van der Waals surface area contributed by atoms with Crippen LogP contribution in [0.4, 0.5) is 11.4 Å². The maximum Gasteiger partial charge on any atom is 0.0495 e. The normalized spacial score (nSPS) is 13.6. The van der Waals surface area contributed by atoms with Gasteiger partial charge in [0, 0.05) is 27.9 Å². The summed E-state index contributed by atoms with van der Waals surface area (Å²) in [5, 5.41) is 0. The fourth-order valence-electron chi connectivity index (χ4n) is 6.69. The van der Waals surface area contributed by atoms with Crippen LogP contribution in [0.1, 0.15) is 56.9 Å². The van der Waals surface area contributed by atoms with Crippen LogP contribution in [-0.2, 0) is 5.41 Å². The summed E-state index contributed by atoms with van der Waals surface area (Å²) in [6, 6.07) is 40.2.